The van der Waals surface area contributed by atoms with Crippen molar-refractivity contribution in [3.8, 4) is 0 Å². The van der Waals surface area contributed by atoms with Crippen LogP contribution in [0.25, 0.3) is 0 Å². The van der Waals surface area contributed by atoms with E-state index in [-0.39, 0.29) is 35.7 Å². The smallest absolute Gasteiger partial charge is 0.875 e. The Morgan fingerprint density at radius 2 is 1.72 bits per heavy atom. The summed E-state index contributed by atoms with van der Waals surface area (Å²) in [4.78, 5) is 10.1. The molecule has 1 aromatic carbocycles. The molecule has 4 heteroatoms. The molecule has 1 aromatic rings. The van der Waals surface area contributed by atoms with Gasteiger partial charge in [-0.05, 0) is 12.0 Å². The van der Waals surface area contributed by atoms with Crippen LogP contribution in [-0.2, 0) is 21.9 Å². The second-order valence-corrected chi connectivity index (χ2v) is 3.45. The van der Waals surface area contributed by atoms with Gasteiger partial charge in [0.05, 0.1) is 0 Å². The van der Waals surface area contributed by atoms with E-state index in [1.165, 1.54) is 0 Å². The number of hydrogen-bond donors (Lipinski definition) is 1. The molecule has 0 fully saturated rings. The minimum atomic E-state index is -0.935. The van der Waals surface area contributed by atoms with Gasteiger partial charge in [0.15, 0.2) is 0 Å². The molecule has 1 aliphatic rings. The maximum absolute atomic E-state index is 11.1. The van der Waals surface area contributed by atoms with Gasteiger partial charge in [0, 0.05) is 6.42 Å². The molecule has 1 N–H and O–H groups in total. The third-order valence-electron chi connectivity index (χ3n) is 2.11. The van der Waals surface area contributed by atoms with Crippen molar-refractivity contribution in [1.29, 1.82) is 0 Å². The molecule has 0 amide bonds. The number of allylic oxidation sites excluding steroid dienone is 6. The molecular formula is C14H14FeO3. The van der Waals surface area contributed by atoms with Crippen molar-refractivity contribution in [3.05, 3.63) is 66.0 Å². The summed E-state index contributed by atoms with van der Waals surface area (Å²) >= 11 is 0. The first-order valence-electron chi connectivity index (χ1n) is 5.33. The Labute approximate surface area is 117 Å². The van der Waals surface area contributed by atoms with Gasteiger partial charge >= 0.3 is 23.0 Å². The van der Waals surface area contributed by atoms with E-state index in [0.29, 0.717) is 5.57 Å². The van der Waals surface area contributed by atoms with Crippen LogP contribution in [0.2, 0.25) is 0 Å². The SMILES string of the molecule is O=C(O)CCC([O-])=C1C=CC=C1.[Fe+2].c1cc[cH-]c1. The van der Waals surface area contributed by atoms with Crippen LogP contribution in [-0.4, -0.2) is 11.1 Å². The van der Waals surface area contributed by atoms with Gasteiger partial charge in [-0.1, -0.05) is 24.3 Å². The predicted octanol–water partition coefficient (Wildman–Crippen LogP) is 1.99. The molecule has 3 nitrogen and oxygen atoms in total. The maximum atomic E-state index is 11.1. The van der Waals surface area contributed by atoms with E-state index in [4.69, 9.17) is 5.11 Å². The van der Waals surface area contributed by atoms with Crippen molar-refractivity contribution >= 4 is 5.97 Å². The van der Waals surface area contributed by atoms with Gasteiger partial charge in [-0.25, -0.2) is 12.1 Å². The molecule has 0 heterocycles. The Balaban J connectivity index is 0.000000405. The van der Waals surface area contributed by atoms with E-state index in [0.717, 1.165) is 0 Å². The Morgan fingerprint density at radius 3 is 2.11 bits per heavy atom. The van der Waals surface area contributed by atoms with Gasteiger partial charge in [0.2, 0.25) is 0 Å². The second kappa shape index (κ2) is 9.40. The van der Waals surface area contributed by atoms with Crippen LogP contribution in [0.15, 0.2) is 66.0 Å². The molecule has 0 aliphatic heterocycles. The van der Waals surface area contributed by atoms with Crippen LogP contribution in [0.1, 0.15) is 12.8 Å². The van der Waals surface area contributed by atoms with E-state index in [1.807, 2.05) is 30.3 Å². The monoisotopic (exact) mass is 286 g/mol. The average molecular weight is 286 g/mol. The van der Waals surface area contributed by atoms with Gasteiger partial charge in [-0.15, -0.1) is 5.76 Å². The predicted molar refractivity (Wildman–Crippen MR) is 64.2 cm³/mol. The molecule has 2 rings (SSSR count). The normalized spacial score (nSPS) is 11.4. The molecule has 1 aliphatic carbocycles. The molecule has 0 unspecified atom stereocenters. The maximum Gasteiger partial charge on any atom is 2.00 e. The van der Waals surface area contributed by atoms with Gasteiger partial charge in [0.1, 0.15) is 0 Å². The number of carboxylic acids is 1. The summed E-state index contributed by atoms with van der Waals surface area (Å²) in [7, 11) is 0. The first kappa shape index (κ1) is 16.4. The van der Waals surface area contributed by atoms with Crippen molar-refractivity contribution in [2.75, 3.05) is 0 Å². The van der Waals surface area contributed by atoms with Crippen molar-refractivity contribution in [2.45, 2.75) is 12.8 Å². The van der Waals surface area contributed by atoms with Crippen LogP contribution < -0.4 is 5.11 Å². The van der Waals surface area contributed by atoms with E-state index < -0.39 is 5.97 Å². The summed E-state index contributed by atoms with van der Waals surface area (Å²) in [5, 5.41) is 19.5. The fraction of sp³-hybridized carbons (Fsp3) is 0.143. The minimum absolute atomic E-state index is 0. The number of carboxylic acid groups (broad SMARTS) is 1. The summed E-state index contributed by atoms with van der Waals surface area (Å²) in [6.07, 6.45) is 6.87. The van der Waals surface area contributed by atoms with Crippen molar-refractivity contribution in [3.63, 3.8) is 0 Å². The third-order valence-corrected chi connectivity index (χ3v) is 2.11. The molecule has 0 spiro atoms. The molecule has 0 aromatic heterocycles. The number of carbonyl (C=O) groups is 1. The second-order valence-electron chi connectivity index (χ2n) is 3.45. The molecule has 0 saturated heterocycles. The van der Waals surface area contributed by atoms with E-state index in [1.54, 1.807) is 24.3 Å². The Morgan fingerprint density at radius 1 is 1.17 bits per heavy atom. The molecule has 18 heavy (non-hydrogen) atoms. The zero-order chi connectivity index (χ0) is 12.5. The van der Waals surface area contributed by atoms with Gasteiger partial charge in [-0.3, -0.25) is 4.79 Å². The van der Waals surface area contributed by atoms with Crippen LogP contribution >= 0.6 is 0 Å². The Kier molecular flexibility index (Phi) is 8.54. The number of aliphatic carboxylic acids is 1. The van der Waals surface area contributed by atoms with Gasteiger partial charge in [-0.2, -0.15) is 18.2 Å². The first-order valence-corrected chi connectivity index (χ1v) is 5.33. The van der Waals surface area contributed by atoms with Gasteiger partial charge < -0.3 is 10.2 Å². The third kappa shape index (κ3) is 6.84. The molecule has 96 valence electrons. The number of rotatable bonds is 3. The topological polar surface area (TPSA) is 60.4 Å². The van der Waals surface area contributed by atoms with Crippen molar-refractivity contribution < 1.29 is 32.1 Å². The Bertz CT molecular complexity index is 397. The largest absolute Gasteiger partial charge is 2.00 e. The summed E-state index contributed by atoms with van der Waals surface area (Å²) in [5.41, 5.74) is 0.594. The molecular weight excluding hydrogens is 272 g/mol. The molecule has 0 radical (unpaired) electrons. The first-order chi connectivity index (χ1) is 8.20. The molecule has 0 bridgehead atoms. The average Bonchev–Trinajstić information content (AvgIpc) is 2.99. The van der Waals surface area contributed by atoms with E-state index in [2.05, 4.69) is 0 Å². The van der Waals surface area contributed by atoms with Crippen molar-refractivity contribution in [1.82, 2.24) is 0 Å². The standard InChI is InChI=1S/C9H10O3.C5H5.Fe/c10-8(5-6-9(11)12)7-3-1-2-4-7;1-2-4-5-3-1;/h1-4,10H,5-6H2,(H,11,12);1-5H;/q;-1;+2/p-1. The van der Waals surface area contributed by atoms with Gasteiger partial charge in [0.25, 0.3) is 0 Å². The minimum Gasteiger partial charge on any atom is -0.875 e. The summed E-state index contributed by atoms with van der Waals surface area (Å²) in [5.74, 6) is -1.04. The fourth-order valence-electron chi connectivity index (χ4n) is 1.25. The summed E-state index contributed by atoms with van der Waals surface area (Å²) < 4.78 is 0. The summed E-state index contributed by atoms with van der Waals surface area (Å²) in [6, 6.07) is 10.0. The van der Waals surface area contributed by atoms with Crippen LogP contribution in [0.4, 0.5) is 0 Å². The zero-order valence-corrected chi connectivity index (χ0v) is 10.8. The molecule has 0 saturated carbocycles. The fourth-order valence-corrected chi connectivity index (χ4v) is 1.25. The Hall–Kier alpha value is -1.64. The van der Waals surface area contributed by atoms with Crippen molar-refractivity contribution in [2.24, 2.45) is 0 Å². The van der Waals surface area contributed by atoms with E-state index in [9.17, 15) is 9.90 Å². The van der Waals surface area contributed by atoms with E-state index >= 15 is 0 Å². The van der Waals surface area contributed by atoms with Crippen LogP contribution in [0.3, 0.4) is 0 Å². The molecule has 0 atom stereocenters. The zero-order valence-electron chi connectivity index (χ0n) is 9.73. The number of hydrogen-bond acceptors (Lipinski definition) is 2. The van der Waals surface area contributed by atoms with Crippen LogP contribution in [0.5, 0.6) is 0 Å². The van der Waals surface area contributed by atoms with Crippen LogP contribution in [0, 0.1) is 0 Å². The quantitative estimate of drug-likeness (QED) is 0.525. The summed E-state index contributed by atoms with van der Waals surface area (Å²) in [6.45, 7) is 0.